The number of H-pyrrole nitrogens is 1. The molecular weight excluding hydrogens is 387 g/mol. The van der Waals surface area contributed by atoms with Crippen molar-refractivity contribution in [1.29, 1.82) is 0 Å². The van der Waals surface area contributed by atoms with E-state index in [1.165, 1.54) is 12.1 Å². The second-order valence-corrected chi connectivity index (χ2v) is 6.25. The molecule has 0 aliphatic heterocycles. The maximum atomic E-state index is 12.5. The highest BCUT2D eigenvalue weighted by Gasteiger charge is 2.29. The Hall–Kier alpha value is -3.36. The summed E-state index contributed by atoms with van der Waals surface area (Å²) in [5, 5.41) is 3.13. The number of alkyl halides is 3. The van der Waals surface area contributed by atoms with Gasteiger partial charge in [0, 0.05) is 12.8 Å². The zero-order valence-corrected chi connectivity index (χ0v) is 15.3. The molecule has 1 heterocycles. The van der Waals surface area contributed by atoms with Crippen LogP contribution in [0.1, 0.15) is 17.8 Å². The van der Waals surface area contributed by atoms with E-state index in [4.69, 9.17) is 4.74 Å². The van der Waals surface area contributed by atoms with Crippen LogP contribution in [0.15, 0.2) is 53.3 Å². The van der Waals surface area contributed by atoms with Crippen molar-refractivity contribution in [2.45, 2.75) is 19.0 Å². The molecule has 3 aromatic rings. The highest BCUT2D eigenvalue weighted by atomic mass is 19.4. The van der Waals surface area contributed by atoms with Crippen LogP contribution in [0.2, 0.25) is 0 Å². The molecular formula is C20H18F3N3O3. The average molecular weight is 405 g/mol. The lowest BCUT2D eigenvalue weighted by Gasteiger charge is -2.10. The Morgan fingerprint density at radius 1 is 1.10 bits per heavy atom. The standard InChI is InChI=1S/C20H18F3N3O3/c21-20(22,23)13-5-7-14(8-6-13)29-12-11-24-18(27)10-9-17-25-16-4-2-1-3-15(16)19(28)26-17/h1-8H,9-12H2,(H,24,27)(H,25,26,28). The first-order chi connectivity index (χ1) is 13.8. The van der Waals surface area contributed by atoms with E-state index >= 15 is 0 Å². The number of aromatic amines is 1. The van der Waals surface area contributed by atoms with Crippen molar-refractivity contribution in [3.05, 3.63) is 70.3 Å². The molecule has 0 fully saturated rings. The number of carbonyl (C=O) groups is 1. The van der Waals surface area contributed by atoms with Crippen molar-refractivity contribution < 1.29 is 22.7 Å². The molecule has 0 atom stereocenters. The van der Waals surface area contributed by atoms with Crippen LogP contribution in [0, 0.1) is 0 Å². The second-order valence-electron chi connectivity index (χ2n) is 6.25. The number of hydrogen-bond donors (Lipinski definition) is 2. The van der Waals surface area contributed by atoms with E-state index in [9.17, 15) is 22.8 Å². The minimum atomic E-state index is -4.39. The van der Waals surface area contributed by atoms with E-state index in [0.717, 1.165) is 12.1 Å². The largest absolute Gasteiger partial charge is 0.492 e. The molecule has 2 aromatic carbocycles. The van der Waals surface area contributed by atoms with Crippen LogP contribution in [-0.2, 0) is 17.4 Å². The van der Waals surface area contributed by atoms with Gasteiger partial charge in [0.25, 0.3) is 5.56 Å². The lowest BCUT2D eigenvalue weighted by molar-refractivity contribution is -0.137. The number of rotatable bonds is 7. The first-order valence-electron chi connectivity index (χ1n) is 8.87. The molecule has 152 valence electrons. The van der Waals surface area contributed by atoms with Crippen molar-refractivity contribution in [3.8, 4) is 5.75 Å². The highest BCUT2D eigenvalue weighted by Crippen LogP contribution is 2.30. The summed E-state index contributed by atoms with van der Waals surface area (Å²) in [6.07, 6.45) is -4.00. The number of nitrogens with zero attached hydrogens (tertiary/aromatic N) is 1. The molecule has 0 aliphatic rings. The first kappa shape index (κ1) is 20.4. The van der Waals surface area contributed by atoms with E-state index in [-0.39, 0.29) is 43.2 Å². The number of amides is 1. The topological polar surface area (TPSA) is 84.1 Å². The summed E-state index contributed by atoms with van der Waals surface area (Å²) in [5.74, 6) is 0.451. The van der Waals surface area contributed by atoms with Gasteiger partial charge >= 0.3 is 6.18 Å². The molecule has 1 amide bonds. The fourth-order valence-electron chi connectivity index (χ4n) is 2.67. The number of aryl methyl sites for hydroxylation is 1. The zero-order chi connectivity index (χ0) is 20.9. The lowest BCUT2D eigenvalue weighted by Crippen LogP contribution is -2.28. The molecule has 0 aliphatic carbocycles. The highest BCUT2D eigenvalue weighted by molar-refractivity contribution is 5.78. The maximum Gasteiger partial charge on any atom is 0.416 e. The SMILES string of the molecule is O=C(CCc1nc2ccccc2c(=O)[nH]1)NCCOc1ccc(C(F)(F)F)cc1. The van der Waals surface area contributed by atoms with E-state index in [0.29, 0.717) is 16.7 Å². The molecule has 0 spiro atoms. The second kappa shape index (κ2) is 8.76. The summed E-state index contributed by atoms with van der Waals surface area (Å²) in [5.41, 5.74) is -0.439. The molecule has 0 saturated carbocycles. The van der Waals surface area contributed by atoms with Gasteiger partial charge in [0.05, 0.1) is 23.0 Å². The Morgan fingerprint density at radius 3 is 2.55 bits per heavy atom. The van der Waals surface area contributed by atoms with Crippen molar-refractivity contribution in [2.24, 2.45) is 0 Å². The van der Waals surface area contributed by atoms with Gasteiger partial charge in [-0.1, -0.05) is 12.1 Å². The van der Waals surface area contributed by atoms with E-state index in [2.05, 4.69) is 15.3 Å². The summed E-state index contributed by atoms with van der Waals surface area (Å²) < 4.78 is 42.8. The number of hydrogen-bond acceptors (Lipinski definition) is 4. The molecule has 3 rings (SSSR count). The van der Waals surface area contributed by atoms with Crippen LogP contribution in [-0.4, -0.2) is 29.0 Å². The smallest absolute Gasteiger partial charge is 0.416 e. The normalized spacial score (nSPS) is 11.4. The van der Waals surface area contributed by atoms with E-state index < -0.39 is 11.7 Å². The van der Waals surface area contributed by atoms with Crippen molar-refractivity contribution in [2.75, 3.05) is 13.2 Å². The fraction of sp³-hybridized carbons (Fsp3) is 0.250. The number of aromatic nitrogens is 2. The van der Waals surface area contributed by atoms with Crippen LogP contribution >= 0.6 is 0 Å². The molecule has 29 heavy (non-hydrogen) atoms. The van der Waals surface area contributed by atoms with Gasteiger partial charge in [0.2, 0.25) is 5.91 Å². The van der Waals surface area contributed by atoms with Crippen molar-refractivity contribution in [1.82, 2.24) is 15.3 Å². The van der Waals surface area contributed by atoms with Gasteiger partial charge in [-0.3, -0.25) is 9.59 Å². The molecule has 0 radical (unpaired) electrons. The van der Waals surface area contributed by atoms with Gasteiger partial charge in [-0.2, -0.15) is 13.2 Å². The third kappa shape index (κ3) is 5.56. The molecule has 1 aromatic heterocycles. The van der Waals surface area contributed by atoms with Gasteiger partial charge < -0.3 is 15.0 Å². The van der Waals surface area contributed by atoms with Crippen LogP contribution in [0.25, 0.3) is 10.9 Å². The summed E-state index contributed by atoms with van der Waals surface area (Å²) >= 11 is 0. The minimum absolute atomic E-state index is 0.113. The van der Waals surface area contributed by atoms with E-state index in [1.54, 1.807) is 24.3 Å². The third-order valence-corrected chi connectivity index (χ3v) is 4.13. The number of fused-ring (bicyclic) bond motifs is 1. The molecule has 6 nitrogen and oxygen atoms in total. The van der Waals surface area contributed by atoms with Gasteiger partial charge in [-0.05, 0) is 36.4 Å². The van der Waals surface area contributed by atoms with Crippen LogP contribution in [0.3, 0.4) is 0 Å². The molecule has 2 N–H and O–H groups in total. The monoisotopic (exact) mass is 405 g/mol. The van der Waals surface area contributed by atoms with Gasteiger partial charge in [0.1, 0.15) is 18.2 Å². The zero-order valence-electron chi connectivity index (χ0n) is 15.3. The molecule has 0 unspecified atom stereocenters. The minimum Gasteiger partial charge on any atom is -0.492 e. The molecule has 9 heteroatoms. The predicted molar refractivity (Wildman–Crippen MR) is 101 cm³/mol. The Balaban J connectivity index is 1.42. The number of carbonyl (C=O) groups excluding carboxylic acids is 1. The summed E-state index contributed by atoms with van der Waals surface area (Å²) in [4.78, 5) is 30.9. The fourth-order valence-corrected chi connectivity index (χ4v) is 2.67. The van der Waals surface area contributed by atoms with Crippen LogP contribution in [0.4, 0.5) is 13.2 Å². The summed E-state index contributed by atoms with van der Waals surface area (Å²) in [6.45, 7) is 0.309. The number of ether oxygens (including phenoxy) is 1. The molecule has 0 saturated heterocycles. The Labute approximate surface area is 163 Å². The van der Waals surface area contributed by atoms with Crippen molar-refractivity contribution in [3.63, 3.8) is 0 Å². The van der Waals surface area contributed by atoms with Gasteiger partial charge in [0.15, 0.2) is 0 Å². The first-order valence-corrected chi connectivity index (χ1v) is 8.87. The van der Waals surface area contributed by atoms with Crippen LogP contribution < -0.4 is 15.6 Å². The number of benzene rings is 2. The van der Waals surface area contributed by atoms with Gasteiger partial charge in [-0.15, -0.1) is 0 Å². The van der Waals surface area contributed by atoms with Crippen molar-refractivity contribution >= 4 is 16.8 Å². The lowest BCUT2D eigenvalue weighted by atomic mass is 10.2. The average Bonchev–Trinajstić information content (AvgIpc) is 2.69. The quantitative estimate of drug-likeness (QED) is 0.592. The predicted octanol–water partition coefficient (Wildman–Crippen LogP) is 3.07. The summed E-state index contributed by atoms with van der Waals surface area (Å²) in [7, 11) is 0. The number of nitrogens with one attached hydrogen (secondary N) is 2. The third-order valence-electron chi connectivity index (χ3n) is 4.13. The summed E-state index contributed by atoms with van der Waals surface area (Å²) in [6, 6.07) is 11.3. The van der Waals surface area contributed by atoms with E-state index in [1.807, 2.05) is 0 Å². The number of halogens is 3. The Bertz CT molecular complexity index is 1050. The maximum absolute atomic E-state index is 12.5. The Kier molecular flexibility index (Phi) is 6.16. The number of para-hydroxylation sites is 1. The molecule has 0 bridgehead atoms. The van der Waals surface area contributed by atoms with Gasteiger partial charge in [-0.25, -0.2) is 4.98 Å². The Morgan fingerprint density at radius 2 is 1.83 bits per heavy atom. The van der Waals surface area contributed by atoms with Crippen LogP contribution in [0.5, 0.6) is 5.75 Å².